The molecule has 2 heterocycles. The Balaban J connectivity index is 1.52. The Morgan fingerprint density at radius 2 is 1.76 bits per heavy atom. The minimum Gasteiger partial charge on any atom is -0.317 e. The van der Waals surface area contributed by atoms with Crippen molar-refractivity contribution in [2.75, 3.05) is 0 Å². The molecule has 7 nitrogen and oxygen atoms in total. The summed E-state index contributed by atoms with van der Waals surface area (Å²) in [6.07, 6.45) is 1.36. The zero-order chi connectivity index (χ0) is 23.7. The molecule has 2 aromatic carbocycles. The summed E-state index contributed by atoms with van der Waals surface area (Å²) in [5.74, 6) is -3.29. The Labute approximate surface area is 192 Å². The average molecular weight is 470 g/mol. The van der Waals surface area contributed by atoms with Gasteiger partial charge in [-0.25, -0.2) is 18.7 Å². The number of carbonyl (C=O) groups excluding carboxylic acids is 2. The highest BCUT2D eigenvalue weighted by atomic mass is 32.1. The van der Waals surface area contributed by atoms with Crippen LogP contribution in [-0.4, -0.2) is 26.3 Å². The summed E-state index contributed by atoms with van der Waals surface area (Å²) in [5, 5.41) is 0.698. The third-order valence-corrected chi connectivity index (χ3v) is 6.34. The van der Waals surface area contributed by atoms with E-state index in [-0.39, 0.29) is 17.0 Å². The molecule has 0 spiro atoms. The average Bonchev–Trinajstić information content (AvgIpc) is 3.36. The van der Waals surface area contributed by atoms with Crippen molar-refractivity contribution in [2.45, 2.75) is 26.8 Å². The minimum absolute atomic E-state index is 0.227. The van der Waals surface area contributed by atoms with Gasteiger partial charge in [-0.2, -0.15) is 0 Å². The number of fused-ring (bicyclic) bond motifs is 1. The largest absolute Gasteiger partial charge is 0.317 e. The molecule has 0 aliphatic heterocycles. The summed E-state index contributed by atoms with van der Waals surface area (Å²) in [5.41, 5.74) is 6.82. The second-order valence-electron chi connectivity index (χ2n) is 7.84. The third kappa shape index (κ3) is 4.47. The number of nitrogens with one attached hydrogen (secondary N) is 2. The zero-order valence-electron chi connectivity index (χ0n) is 18.1. The molecule has 0 bridgehead atoms. The van der Waals surface area contributed by atoms with Gasteiger partial charge in [0, 0.05) is 17.7 Å². The second-order valence-corrected chi connectivity index (χ2v) is 8.84. The highest BCUT2D eigenvalue weighted by Gasteiger charge is 2.27. The number of nitrogens with zero attached hydrogens (tertiary/aromatic N) is 3. The maximum atomic E-state index is 13.8. The molecule has 4 aromatic rings. The molecule has 33 heavy (non-hydrogen) atoms. The van der Waals surface area contributed by atoms with Gasteiger partial charge >= 0.3 is 0 Å². The van der Waals surface area contributed by atoms with Crippen molar-refractivity contribution in [3.05, 3.63) is 71.0 Å². The zero-order valence-corrected chi connectivity index (χ0v) is 18.9. The van der Waals surface area contributed by atoms with Gasteiger partial charge in [-0.3, -0.25) is 20.4 Å². The fourth-order valence-corrected chi connectivity index (χ4v) is 4.52. The normalized spacial score (nSPS) is 12.2. The molecule has 2 amide bonds. The van der Waals surface area contributed by atoms with Crippen LogP contribution in [-0.2, 0) is 4.79 Å². The summed E-state index contributed by atoms with van der Waals surface area (Å²) >= 11 is 1.22. The molecule has 2 aromatic heterocycles. The van der Waals surface area contributed by atoms with Crippen molar-refractivity contribution in [2.24, 2.45) is 5.92 Å². The van der Waals surface area contributed by atoms with E-state index in [1.54, 1.807) is 20.8 Å². The molecule has 2 N–H and O–H groups in total. The molecular weight excluding hydrogens is 448 g/mol. The number of rotatable bonds is 5. The van der Waals surface area contributed by atoms with Gasteiger partial charge in [0.15, 0.2) is 11.6 Å². The van der Waals surface area contributed by atoms with Crippen LogP contribution in [0.25, 0.3) is 21.6 Å². The van der Waals surface area contributed by atoms with Crippen LogP contribution in [0.1, 0.15) is 35.3 Å². The molecule has 0 fully saturated rings. The van der Waals surface area contributed by atoms with Crippen LogP contribution in [0.3, 0.4) is 0 Å². The molecule has 1 unspecified atom stereocenters. The fourth-order valence-electron chi connectivity index (χ4n) is 3.55. The van der Waals surface area contributed by atoms with E-state index < -0.39 is 29.5 Å². The Bertz CT molecular complexity index is 1330. The SMILES string of the molecule is Cc1nc(-c2ccccc2)sc1C(=O)NNC(=O)C(C(C)C)n1cnc2cc(F)c(F)cc21. The quantitative estimate of drug-likeness (QED) is 0.424. The fraction of sp³-hybridized carbons (Fsp3) is 0.217. The molecule has 0 aliphatic rings. The highest BCUT2D eigenvalue weighted by Crippen LogP contribution is 2.28. The van der Waals surface area contributed by atoms with E-state index in [9.17, 15) is 18.4 Å². The van der Waals surface area contributed by atoms with Gasteiger partial charge in [-0.15, -0.1) is 11.3 Å². The number of hydrazine groups is 1. The van der Waals surface area contributed by atoms with Gasteiger partial charge < -0.3 is 4.57 Å². The Morgan fingerprint density at radius 1 is 1.06 bits per heavy atom. The lowest BCUT2D eigenvalue weighted by molar-refractivity contribution is -0.126. The number of amides is 2. The van der Waals surface area contributed by atoms with Crippen molar-refractivity contribution < 1.29 is 18.4 Å². The predicted octanol–water partition coefficient (Wildman–Crippen LogP) is 4.40. The van der Waals surface area contributed by atoms with E-state index in [0.29, 0.717) is 15.6 Å². The molecule has 0 aliphatic carbocycles. The molecule has 170 valence electrons. The number of halogens is 2. The molecule has 0 saturated heterocycles. The molecule has 1 atom stereocenters. The number of imidazole rings is 1. The first-order chi connectivity index (χ1) is 15.8. The molecule has 0 radical (unpaired) electrons. The summed E-state index contributed by atoms with van der Waals surface area (Å²) < 4.78 is 28.8. The molecule has 4 rings (SSSR count). The molecular formula is C23H21F2N5O2S. The van der Waals surface area contributed by atoms with Gasteiger partial charge in [0.2, 0.25) is 0 Å². The van der Waals surface area contributed by atoms with E-state index in [4.69, 9.17) is 0 Å². The van der Waals surface area contributed by atoms with Crippen LogP contribution >= 0.6 is 11.3 Å². The third-order valence-electron chi connectivity index (χ3n) is 5.14. The van der Waals surface area contributed by atoms with E-state index in [1.807, 2.05) is 30.3 Å². The van der Waals surface area contributed by atoms with E-state index in [1.165, 1.54) is 22.2 Å². The van der Waals surface area contributed by atoms with Crippen molar-refractivity contribution in [3.8, 4) is 10.6 Å². The van der Waals surface area contributed by atoms with Gasteiger partial charge in [0.25, 0.3) is 11.8 Å². The van der Waals surface area contributed by atoms with Gasteiger partial charge in [0.1, 0.15) is 15.9 Å². The number of benzene rings is 2. The first kappa shape index (κ1) is 22.5. The maximum Gasteiger partial charge on any atom is 0.281 e. The van der Waals surface area contributed by atoms with Crippen molar-refractivity contribution in [1.29, 1.82) is 0 Å². The smallest absolute Gasteiger partial charge is 0.281 e. The van der Waals surface area contributed by atoms with Crippen molar-refractivity contribution >= 4 is 34.2 Å². The lowest BCUT2D eigenvalue weighted by atomic mass is 10.0. The first-order valence-electron chi connectivity index (χ1n) is 10.2. The number of hydrogen-bond acceptors (Lipinski definition) is 5. The Morgan fingerprint density at radius 3 is 2.45 bits per heavy atom. The number of thiazole rings is 1. The van der Waals surface area contributed by atoms with Gasteiger partial charge in [-0.1, -0.05) is 44.2 Å². The Kier molecular flexibility index (Phi) is 6.19. The number of hydrogen-bond donors (Lipinski definition) is 2. The van der Waals surface area contributed by atoms with Crippen LogP contribution in [0.5, 0.6) is 0 Å². The monoisotopic (exact) mass is 469 g/mol. The van der Waals surface area contributed by atoms with E-state index in [0.717, 1.165) is 17.7 Å². The van der Waals surface area contributed by atoms with E-state index >= 15 is 0 Å². The number of aromatic nitrogens is 3. The van der Waals surface area contributed by atoms with Gasteiger partial charge in [-0.05, 0) is 12.8 Å². The lowest BCUT2D eigenvalue weighted by Gasteiger charge is -2.22. The highest BCUT2D eigenvalue weighted by molar-refractivity contribution is 7.17. The standard InChI is InChI=1S/C23H21F2N5O2S/c1-12(2)19(30-11-26-17-9-15(24)16(25)10-18(17)30)21(31)28-29-22(32)20-13(3)27-23(33-20)14-7-5-4-6-8-14/h4-12,19H,1-3H3,(H,28,31)(H,29,32). The predicted molar refractivity (Wildman–Crippen MR) is 121 cm³/mol. The van der Waals surface area contributed by atoms with Crippen molar-refractivity contribution in [1.82, 2.24) is 25.4 Å². The van der Waals surface area contributed by atoms with Crippen LogP contribution in [0.2, 0.25) is 0 Å². The summed E-state index contributed by atoms with van der Waals surface area (Å²) in [6.45, 7) is 5.33. The first-order valence-corrected chi connectivity index (χ1v) is 11.0. The number of carbonyl (C=O) groups is 2. The number of aryl methyl sites for hydroxylation is 1. The minimum atomic E-state index is -1.03. The van der Waals surface area contributed by atoms with E-state index in [2.05, 4.69) is 20.8 Å². The van der Waals surface area contributed by atoms with Crippen LogP contribution in [0.4, 0.5) is 8.78 Å². The summed E-state index contributed by atoms with van der Waals surface area (Å²) in [7, 11) is 0. The second kappa shape index (κ2) is 9.07. The van der Waals surface area contributed by atoms with Crippen molar-refractivity contribution in [3.63, 3.8) is 0 Å². The topological polar surface area (TPSA) is 88.9 Å². The molecule has 0 saturated carbocycles. The Hall–Kier alpha value is -3.66. The summed E-state index contributed by atoms with van der Waals surface area (Å²) in [6, 6.07) is 10.6. The lowest BCUT2D eigenvalue weighted by Crippen LogP contribution is -2.46. The van der Waals surface area contributed by atoms with Crippen LogP contribution < -0.4 is 10.9 Å². The van der Waals surface area contributed by atoms with Crippen LogP contribution in [0, 0.1) is 24.5 Å². The molecule has 10 heteroatoms. The maximum absolute atomic E-state index is 13.8. The van der Waals surface area contributed by atoms with Crippen LogP contribution in [0.15, 0.2) is 48.8 Å². The summed E-state index contributed by atoms with van der Waals surface area (Å²) in [4.78, 5) is 34.6. The van der Waals surface area contributed by atoms with Gasteiger partial charge in [0.05, 0.1) is 23.1 Å².